The summed E-state index contributed by atoms with van der Waals surface area (Å²) in [7, 11) is 0. The van der Waals surface area contributed by atoms with Gasteiger partial charge in [-0.25, -0.2) is 9.78 Å². The summed E-state index contributed by atoms with van der Waals surface area (Å²) < 4.78 is 0. The van der Waals surface area contributed by atoms with E-state index in [0.717, 1.165) is 0 Å². The van der Waals surface area contributed by atoms with Gasteiger partial charge in [0.05, 0.1) is 18.5 Å². The molecule has 0 aliphatic rings. The monoisotopic (exact) mass is 541 g/mol. The Balaban J connectivity index is 2.99. The van der Waals surface area contributed by atoms with E-state index in [1.807, 2.05) is 0 Å². The van der Waals surface area contributed by atoms with Crippen LogP contribution in [-0.4, -0.2) is 97.7 Å². The number of aliphatic hydroxyl groups is 1. The average molecular weight is 542 g/mol. The minimum Gasteiger partial charge on any atom is -0.481 e. The SMILES string of the molecule is CC(O)C(NC(=O)C(N)CCC(=O)O)C(=O)NC(CCCN=C(N)N)C(=O)NC(Cc1cnc[nH]1)C(=O)O. The highest BCUT2D eigenvalue weighted by atomic mass is 16.4. The zero-order valence-electron chi connectivity index (χ0n) is 20.8. The van der Waals surface area contributed by atoms with E-state index in [1.54, 1.807) is 0 Å². The quantitative estimate of drug-likeness (QED) is 0.0514. The van der Waals surface area contributed by atoms with Gasteiger partial charge in [-0.3, -0.25) is 24.2 Å². The summed E-state index contributed by atoms with van der Waals surface area (Å²) in [5.74, 6) is -5.36. The Labute approximate surface area is 217 Å². The molecule has 1 heterocycles. The second kappa shape index (κ2) is 15.8. The minimum absolute atomic E-state index is 0.0245. The number of aliphatic imine (C=N–C) groups is 1. The van der Waals surface area contributed by atoms with Crippen molar-refractivity contribution in [2.45, 2.75) is 69.3 Å². The van der Waals surface area contributed by atoms with Crippen LogP contribution in [0.25, 0.3) is 0 Å². The number of aromatic nitrogens is 2. The summed E-state index contributed by atoms with van der Waals surface area (Å²) >= 11 is 0. The van der Waals surface area contributed by atoms with Gasteiger partial charge >= 0.3 is 11.9 Å². The van der Waals surface area contributed by atoms with Crippen LogP contribution in [0.3, 0.4) is 0 Å². The topological polar surface area (TPSA) is 301 Å². The van der Waals surface area contributed by atoms with Crippen molar-refractivity contribution in [1.82, 2.24) is 25.9 Å². The van der Waals surface area contributed by atoms with Crippen LogP contribution >= 0.6 is 0 Å². The lowest BCUT2D eigenvalue weighted by Crippen LogP contribution is -2.59. The van der Waals surface area contributed by atoms with Crippen molar-refractivity contribution in [2.24, 2.45) is 22.2 Å². The van der Waals surface area contributed by atoms with E-state index in [2.05, 4.69) is 30.9 Å². The third-order valence-corrected chi connectivity index (χ3v) is 5.24. The highest BCUT2D eigenvalue weighted by Gasteiger charge is 2.32. The number of aromatic amines is 1. The van der Waals surface area contributed by atoms with Gasteiger partial charge in [-0.2, -0.15) is 0 Å². The highest BCUT2D eigenvalue weighted by Crippen LogP contribution is 2.05. The van der Waals surface area contributed by atoms with Crippen molar-refractivity contribution < 1.29 is 39.3 Å². The Morgan fingerprint density at radius 1 is 1.03 bits per heavy atom. The fourth-order valence-electron chi connectivity index (χ4n) is 3.20. The summed E-state index contributed by atoms with van der Waals surface area (Å²) in [4.78, 5) is 71.0. The summed E-state index contributed by atoms with van der Waals surface area (Å²) in [5.41, 5.74) is 16.7. The molecule has 13 N–H and O–H groups in total. The molecule has 0 fully saturated rings. The Hall–Kier alpha value is -4.25. The van der Waals surface area contributed by atoms with E-state index in [9.17, 15) is 34.2 Å². The number of hydrogen-bond donors (Lipinski definition) is 10. The van der Waals surface area contributed by atoms with E-state index in [1.165, 1.54) is 19.4 Å². The van der Waals surface area contributed by atoms with E-state index in [0.29, 0.717) is 5.69 Å². The molecule has 38 heavy (non-hydrogen) atoms. The van der Waals surface area contributed by atoms with Crippen molar-refractivity contribution in [2.75, 3.05) is 6.54 Å². The number of nitrogens with one attached hydrogen (secondary N) is 4. The van der Waals surface area contributed by atoms with Crippen LogP contribution in [0, 0.1) is 0 Å². The number of aliphatic carboxylic acids is 2. The number of nitrogens with two attached hydrogens (primary N) is 3. The van der Waals surface area contributed by atoms with E-state index < -0.39 is 59.9 Å². The lowest BCUT2D eigenvalue weighted by Gasteiger charge is -2.26. The summed E-state index contributed by atoms with van der Waals surface area (Å²) in [5, 5.41) is 35.4. The number of guanidine groups is 1. The van der Waals surface area contributed by atoms with Gasteiger partial charge in [-0.1, -0.05) is 0 Å². The largest absolute Gasteiger partial charge is 0.481 e. The van der Waals surface area contributed by atoms with Crippen molar-refractivity contribution in [3.05, 3.63) is 18.2 Å². The van der Waals surface area contributed by atoms with Crippen molar-refractivity contribution in [3.63, 3.8) is 0 Å². The molecule has 17 heteroatoms. The minimum atomic E-state index is -1.55. The van der Waals surface area contributed by atoms with Gasteiger partial charge in [0.25, 0.3) is 0 Å². The molecule has 0 aliphatic heterocycles. The van der Waals surface area contributed by atoms with Crippen LogP contribution in [0.1, 0.15) is 38.3 Å². The van der Waals surface area contributed by atoms with Crippen LogP contribution in [0.2, 0.25) is 0 Å². The third kappa shape index (κ3) is 11.7. The summed E-state index contributed by atoms with van der Waals surface area (Å²) in [6.45, 7) is 1.32. The number of nitrogens with zero attached hydrogens (tertiary/aromatic N) is 2. The second-order valence-corrected chi connectivity index (χ2v) is 8.46. The first-order valence-electron chi connectivity index (χ1n) is 11.6. The number of carbonyl (C=O) groups excluding carboxylic acids is 3. The number of H-pyrrole nitrogens is 1. The maximum Gasteiger partial charge on any atom is 0.326 e. The van der Waals surface area contributed by atoms with Gasteiger partial charge in [-0.05, 0) is 26.2 Å². The number of carboxylic acids is 2. The number of rotatable bonds is 17. The smallest absolute Gasteiger partial charge is 0.326 e. The molecule has 0 saturated carbocycles. The number of imidazole rings is 1. The number of hydrogen-bond acceptors (Lipinski definition) is 9. The molecule has 1 rings (SSSR count). The van der Waals surface area contributed by atoms with Gasteiger partial charge in [0.15, 0.2) is 5.96 Å². The first-order valence-corrected chi connectivity index (χ1v) is 11.6. The van der Waals surface area contributed by atoms with Crippen LogP contribution in [0.15, 0.2) is 17.5 Å². The van der Waals surface area contributed by atoms with Gasteiger partial charge in [0.1, 0.15) is 18.1 Å². The maximum atomic E-state index is 13.0. The van der Waals surface area contributed by atoms with Crippen LogP contribution < -0.4 is 33.2 Å². The average Bonchev–Trinajstić information content (AvgIpc) is 3.34. The lowest BCUT2D eigenvalue weighted by molar-refractivity contribution is -0.142. The molecule has 1 aromatic heterocycles. The fraction of sp³-hybridized carbons (Fsp3) is 0.571. The second-order valence-electron chi connectivity index (χ2n) is 8.46. The van der Waals surface area contributed by atoms with Gasteiger partial charge in [0, 0.05) is 31.3 Å². The summed E-state index contributed by atoms with van der Waals surface area (Å²) in [6, 6.07) is -5.47. The molecule has 3 amide bonds. The number of carbonyl (C=O) groups is 5. The fourth-order valence-corrected chi connectivity index (χ4v) is 3.20. The molecular weight excluding hydrogens is 506 g/mol. The molecule has 5 unspecified atom stereocenters. The van der Waals surface area contributed by atoms with Crippen LogP contribution in [0.5, 0.6) is 0 Å². The maximum absolute atomic E-state index is 13.0. The first kappa shape index (κ1) is 31.8. The molecule has 0 saturated heterocycles. The molecule has 17 nitrogen and oxygen atoms in total. The first-order chi connectivity index (χ1) is 17.8. The molecule has 1 aromatic rings. The summed E-state index contributed by atoms with van der Waals surface area (Å²) in [6.07, 6.45) is 0.789. The Kier molecular flexibility index (Phi) is 13.2. The van der Waals surface area contributed by atoms with Gasteiger partial charge in [0.2, 0.25) is 17.7 Å². The zero-order chi connectivity index (χ0) is 28.8. The lowest BCUT2D eigenvalue weighted by atomic mass is 10.1. The molecule has 0 radical (unpaired) electrons. The molecule has 0 spiro atoms. The number of carboxylic acid groups (broad SMARTS) is 2. The standard InChI is InChI=1S/C21H35N9O8/c1-10(31)16(30-17(34)12(22)4-5-15(32)33)19(36)28-13(3-2-6-26-21(23)24)18(35)29-14(20(37)38)7-11-8-25-9-27-11/h8-10,12-14,16,31H,2-7,22H2,1H3,(H,25,27)(H,28,36)(H,29,35)(H,30,34)(H,32,33)(H,37,38)(H4,23,24,26). The Morgan fingerprint density at radius 2 is 1.68 bits per heavy atom. The molecule has 212 valence electrons. The Morgan fingerprint density at radius 3 is 2.21 bits per heavy atom. The van der Waals surface area contributed by atoms with E-state index in [4.69, 9.17) is 22.3 Å². The molecular formula is C21H35N9O8. The molecule has 0 aromatic carbocycles. The van der Waals surface area contributed by atoms with Gasteiger partial charge < -0.3 is 53.5 Å². The third-order valence-electron chi connectivity index (χ3n) is 5.24. The van der Waals surface area contributed by atoms with Crippen molar-refractivity contribution >= 4 is 35.6 Å². The highest BCUT2D eigenvalue weighted by molar-refractivity contribution is 5.94. The van der Waals surface area contributed by atoms with E-state index >= 15 is 0 Å². The van der Waals surface area contributed by atoms with Crippen molar-refractivity contribution in [3.8, 4) is 0 Å². The normalized spacial score (nSPS) is 14.7. The van der Waals surface area contributed by atoms with Gasteiger partial charge in [-0.15, -0.1) is 0 Å². The Bertz CT molecular complexity index is 979. The predicted octanol–water partition coefficient (Wildman–Crippen LogP) is -3.88. The number of aliphatic hydroxyl groups excluding tert-OH is 1. The molecule has 0 aliphatic carbocycles. The zero-order valence-corrected chi connectivity index (χ0v) is 20.8. The van der Waals surface area contributed by atoms with Crippen molar-refractivity contribution in [1.29, 1.82) is 0 Å². The van der Waals surface area contributed by atoms with Crippen LogP contribution in [0.4, 0.5) is 0 Å². The van der Waals surface area contributed by atoms with Crippen LogP contribution in [-0.2, 0) is 30.4 Å². The number of amides is 3. The molecule has 0 bridgehead atoms. The molecule has 5 atom stereocenters. The predicted molar refractivity (Wildman–Crippen MR) is 132 cm³/mol. The van der Waals surface area contributed by atoms with E-state index in [-0.39, 0.29) is 44.6 Å².